The highest BCUT2D eigenvalue weighted by Crippen LogP contribution is 2.39. The van der Waals surface area contributed by atoms with Gasteiger partial charge in [0.1, 0.15) is 0 Å². The smallest absolute Gasteiger partial charge is 0.0956 e. The third-order valence-electron chi connectivity index (χ3n) is 4.53. The van der Waals surface area contributed by atoms with Crippen molar-refractivity contribution < 1.29 is 0 Å². The Morgan fingerprint density at radius 2 is 2.10 bits per heavy atom. The summed E-state index contributed by atoms with van der Waals surface area (Å²) in [6.45, 7) is 7.01. The van der Waals surface area contributed by atoms with E-state index in [4.69, 9.17) is 5.73 Å². The minimum absolute atomic E-state index is 0.349. The van der Waals surface area contributed by atoms with Crippen molar-refractivity contribution in [3.8, 4) is 11.3 Å². The molecule has 1 aromatic carbocycles. The molecule has 0 aliphatic heterocycles. The van der Waals surface area contributed by atoms with Gasteiger partial charge in [-0.05, 0) is 42.7 Å². The van der Waals surface area contributed by atoms with E-state index in [0.29, 0.717) is 11.3 Å². The van der Waals surface area contributed by atoms with Gasteiger partial charge in [-0.3, -0.25) is 5.10 Å². The molecule has 0 spiro atoms. The van der Waals surface area contributed by atoms with Crippen LogP contribution in [0.1, 0.15) is 38.4 Å². The topological polar surface area (TPSA) is 54.7 Å². The van der Waals surface area contributed by atoms with E-state index in [1.54, 1.807) is 0 Å². The summed E-state index contributed by atoms with van der Waals surface area (Å²) in [7, 11) is 0. The van der Waals surface area contributed by atoms with Crippen molar-refractivity contribution in [2.24, 2.45) is 11.3 Å². The number of aromatic amines is 1. The maximum atomic E-state index is 5.90. The highest BCUT2D eigenvalue weighted by molar-refractivity contribution is 5.68. The molecule has 2 aromatic rings. The van der Waals surface area contributed by atoms with Crippen molar-refractivity contribution in [3.63, 3.8) is 0 Å². The Hall–Kier alpha value is -1.77. The molecule has 0 saturated heterocycles. The average Bonchev–Trinajstić information content (AvgIpc) is 2.80. The Kier molecular flexibility index (Phi) is 3.08. The molecule has 0 saturated carbocycles. The molecule has 3 nitrogen and oxygen atoms in total. The summed E-state index contributed by atoms with van der Waals surface area (Å²) in [5.41, 5.74) is 11.9. The van der Waals surface area contributed by atoms with Gasteiger partial charge in [-0.1, -0.05) is 32.9 Å². The molecule has 106 valence electrons. The fourth-order valence-corrected chi connectivity index (χ4v) is 3.16. The number of nitrogen functional groups attached to an aromatic ring is 1. The summed E-state index contributed by atoms with van der Waals surface area (Å²) < 4.78 is 0. The first-order valence-corrected chi connectivity index (χ1v) is 7.37. The van der Waals surface area contributed by atoms with Crippen molar-refractivity contribution in [1.82, 2.24) is 10.2 Å². The van der Waals surface area contributed by atoms with Crippen LogP contribution < -0.4 is 5.73 Å². The van der Waals surface area contributed by atoms with Gasteiger partial charge in [-0.25, -0.2) is 0 Å². The van der Waals surface area contributed by atoms with Crippen molar-refractivity contribution in [2.75, 3.05) is 5.73 Å². The molecule has 3 rings (SSSR count). The lowest BCUT2D eigenvalue weighted by Gasteiger charge is -2.33. The summed E-state index contributed by atoms with van der Waals surface area (Å²) in [6, 6.07) is 8.01. The highest BCUT2D eigenvalue weighted by atomic mass is 15.1. The lowest BCUT2D eigenvalue weighted by molar-refractivity contribution is 0.216. The summed E-state index contributed by atoms with van der Waals surface area (Å²) in [6.07, 6.45) is 3.46. The number of H-pyrrole nitrogens is 1. The lowest BCUT2D eigenvalue weighted by Crippen LogP contribution is -2.26. The summed E-state index contributed by atoms with van der Waals surface area (Å²) in [5, 5.41) is 7.77. The van der Waals surface area contributed by atoms with Gasteiger partial charge in [-0.2, -0.15) is 5.10 Å². The third kappa shape index (κ3) is 2.33. The van der Waals surface area contributed by atoms with Gasteiger partial charge in [0.2, 0.25) is 0 Å². The SMILES string of the molecule is CC(C)(C)C1CCc2[nH]nc(-c3cccc(N)c3)c2C1. The van der Waals surface area contributed by atoms with E-state index in [1.807, 2.05) is 18.2 Å². The normalized spacial score (nSPS) is 18.9. The Bertz CT molecular complexity index is 619. The first-order valence-electron chi connectivity index (χ1n) is 7.37. The Morgan fingerprint density at radius 3 is 2.80 bits per heavy atom. The van der Waals surface area contributed by atoms with E-state index in [-0.39, 0.29) is 0 Å². The molecule has 1 aliphatic carbocycles. The zero-order valence-corrected chi connectivity index (χ0v) is 12.5. The Morgan fingerprint density at radius 1 is 1.30 bits per heavy atom. The zero-order chi connectivity index (χ0) is 14.3. The number of aryl methyl sites for hydroxylation is 1. The van der Waals surface area contributed by atoms with Gasteiger partial charge < -0.3 is 5.73 Å². The maximum Gasteiger partial charge on any atom is 0.0956 e. The van der Waals surface area contributed by atoms with Crippen LogP contribution >= 0.6 is 0 Å². The monoisotopic (exact) mass is 269 g/mol. The summed E-state index contributed by atoms with van der Waals surface area (Å²) >= 11 is 0. The molecule has 0 amide bonds. The second-order valence-electron chi connectivity index (χ2n) is 6.96. The summed E-state index contributed by atoms with van der Waals surface area (Å²) in [4.78, 5) is 0. The number of nitrogens with one attached hydrogen (secondary N) is 1. The van der Waals surface area contributed by atoms with Crippen LogP contribution in [0.2, 0.25) is 0 Å². The second kappa shape index (κ2) is 4.65. The van der Waals surface area contributed by atoms with Gasteiger partial charge >= 0.3 is 0 Å². The number of nitrogens with two attached hydrogens (primary N) is 1. The average molecular weight is 269 g/mol. The first kappa shape index (κ1) is 13.2. The fraction of sp³-hybridized carbons (Fsp3) is 0.471. The van der Waals surface area contributed by atoms with Crippen LogP contribution in [0, 0.1) is 11.3 Å². The number of benzene rings is 1. The molecule has 1 aromatic heterocycles. The molecule has 1 atom stereocenters. The lowest BCUT2D eigenvalue weighted by atomic mass is 9.71. The van der Waals surface area contributed by atoms with E-state index in [1.165, 1.54) is 17.7 Å². The van der Waals surface area contributed by atoms with Crippen LogP contribution in [0.25, 0.3) is 11.3 Å². The molecule has 3 heteroatoms. The first-order chi connectivity index (χ1) is 9.45. The number of hydrogen-bond donors (Lipinski definition) is 2. The number of anilines is 1. The minimum Gasteiger partial charge on any atom is -0.399 e. The van der Waals surface area contributed by atoms with E-state index in [0.717, 1.165) is 29.8 Å². The largest absolute Gasteiger partial charge is 0.399 e. The Balaban J connectivity index is 1.99. The fourth-order valence-electron chi connectivity index (χ4n) is 3.16. The Labute approximate surface area is 120 Å². The van der Waals surface area contributed by atoms with E-state index in [2.05, 4.69) is 37.0 Å². The van der Waals surface area contributed by atoms with Gasteiger partial charge in [0.05, 0.1) is 5.69 Å². The van der Waals surface area contributed by atoms with Crippen molar-refractivity contribution in [1.29, 1.82) is 0 Å². The van der Waals surface area contributed by atoms with E-state index < -0.39 is 0 Å². The van der Waals surface area contributed by atoms with Crippen molar-refractivity contribution in [2.45, 2.75) is 40.0 Å². The molecule has 3 N–H and O–H groups in total. The third-order valence-corrected chi connectivity index (χ3v) is 4.53. The molecule has 1 unspecified atom stereocenters. The van der Waals surface area contributed by atoms with Crippen LogP contribution in [-0.4, -0.2) is 10.2 Å². The van der Waals surface area contributed by atoms with E-state index >= 15 is 0 Å². The van der Waals surface area contributed by atoms with Crippen LogP contribution in [0.5, 0.6) is 0 Å². The van der Waals surface area contributed by atoms with Crippen LogP contribution in [0.15, 0.2) is 24.3 Å². The predicted molar refractivity (Wildman–Crippen MR) is 83.4 cm³/mol. The summed E-state index contributed by atoms with van der Waals surface area (Å²) in [5.74, 6) is 0.715. The van der Waals surface area contributed by atoms with Crippen molar-refractivity contribution in [3.05, 3.63) is 35.5 Å². The molecule has 20 heavy (non-hydrogen) atoms. The van der Waals surface area contributed by atoms with Gasteiger partial charge in [0, 0.05) is 22.5 Å². The van der Waals surface area contributed by atoms with Crippen LogP contribution in [0.4, 0.5) is 5.69 Å². The number of hydrogen-bond acceptors (Lipinski definition) is 2. The second-order valence-corrected chi connectivity index (χ2v) is 6.96. The zero-order valence-electron chi connectivity index (χ0n) is 12.5. The molecule has 1 heterocycles. The number of nitrogens with zero attached hydrogens (tertiary/aromatic N) is 1. The molecule has 0 fully saturated rings. The molecule has 0 bridgehead atoms. The molecule has 0 radical (unpaired) electrons. The predicted octanol–water partition coefficient (Wildman–Crippen LogP) is 3.81. The van der Waals surface area contributed by atoms with E-state index in [9.17, 15) is 0 Å². The number of rotatable bonds is 1. The maximum absolute atomic E-state index is 5.90. The number of fused-ring (bicyclic) bond motifs is 1. The minimum atomic E-state index is 0.349. The van der Waals surface area contributed by atoms with Crippen LogP contribution in [0.3, 0.4) is 0 Å². The van der Waals surface area contributed by atoms with Gasteiger partial charge in [0.15, 0.2) is 0 Å². The molecule has 1 aliphatic rings. The standard InChI is InChI=1S/C17H23N3/c1-17(2,3)12-7-8-15-14(10-12)16(20-19-15)11-5-4-6-13(18)9-11/h4-6,9,12H,7-8,10,18H2,1-3H3,(H,19,20). The van der Waals surface area contributed by atoms with Gasteiger partial charge in [0.25, 0.3) is 0 Å². The van der Waals surface area contributed by atoms with Crippen LogP contribution in [-0.2, 0) is 12.8 Å². The molecular formula is C17H23N3. The number of aromatic nitrogens is 2. The highest BCUT2D eigenvalue weighted by Gasteiger charge is 2.31. The van der Waals surface area contributed by atoms with Gasteiger partial charge in [-0.15, -0.1) is 0 Å². The quantitative estimate of drug-likeness (QED) is 0.773. The van der Waals surface area contributed by atoms with Crippen molar-refractivity contribution >= 4 is 5.69 Å². The molecular weight excluding hydrogens is 246 g/mol.